The van der Waals surface area contributed by atoms with Crippen LogP contribution >= 0.6 is 0 Å². The van der Waals surface area contributed by atoms with Crippen LogP contribution in [0.4, 0.5) is 4.79 Å². The van der Waals surface area contributed by atoms with Gasteiger partial charge in [0.1, 0.15) is 0 Å². The molecular weight excluding hydrogens is 244 g/mol. The molecule has 1 saturated heterocycles. The second-order valence-electron chi connectivity index (χ2n) is 5.81. The summed E-state index contributed by atoms with van der Waals surface area (Å²) in [6, 6.07) is -0.309. The number of nitrogens with zero attached hydrogens (tertiary/aromatic N) is 1. The number of urea groups is 1. The number of hydrogen-bond acceptors (Lipinski definition) is 3. The van der Waals surface area contributed by atoms with Crippen LogP contribution in [0.15, 0.2) is 0 Å². The molecule has 1 saturated carbocycles. The normalized spacial score (nSPS) is 31.2. The van der Waals surface area contributed by atoms with E-state index in [2.05, 4.69) is 5.32 Å². The van der Waals surface area contributed by atoms with Crippen molar-refractivity contribution in [2.45, 2.75) is 38.1 Å². The second kappa shape index (κ2) is 6.23. The van der Waals surface area contributed by atoms with Crippen LogP contribution in [0.3, 0.4) is 0 Å². The fourth-order valence-electron chi connectivity index (χ4n) is 3.18. The molecule has 3 amide bonds. The van der Waals surface area contributed by atoms with Gasteiger partial charge in [0.25, 0.3) is 0 Å². The number of piperidine rings is 1. The maximum Gasteiger partial charge on any atom is 0.312 e. The molecule has 1 heterocycles. The smallest absolute Gasteiger partial charge is 0.312 e. The average molecular weight is 268 g/mol. The van der Waals surface area contributed by atoms with E-state index in [9.17, 15) is 9.59 Å². The summed E-state index contributed by atoms with van der Waals surface area (Å²) < 4.78 is 0. The van der Waals surface area contributed by atoms with E-state index in [1.807, 2.05) is 4.90 Å². The Morgan fingerprint density at radius 3 is 2.68 bits per heavy atom. The van der Waals surface area contributed by atoms with Gasteiger partial charge in [-0.3, -0.25) is 4.79 Å². The Morgan fingerprint density at radius 1 is 1.26 bits per heavy atom. The molecule has 3 atom stereocenters. The number of nitrogens with one attached hydrogen (secondary N) is 1. The monoisotopic (exact) mass is 268 g/mol. The first kappa shape index (κ1) is 14.1. The maximum atomic E-state index is 12.4. The quantitative estimate of drug-likeness (QED) is 0.672. The average Bonchev–Trinajstić information content (AvgIpc) is 2.82. The number of likely N-dealkylation sites (tertiary alicyclic amines) is 1. The Labute approximate surface area is 113 Å². The third-order valence-electron chi connectivity index (χ3n) is 4.22. The van der Waals surface area contributed by atoms with E-state index in [1.54, 1.807) is 0 Å². The van der Waals surface area contributed by atoms with E-state index in [-0.39, 0.29) is 17.9 Å². The van der Waals surface area contributed by atoms with Crippen molar-refractivity contribution in [3.63, 3.8) is 0 Å². The Balaban J connectivity index is 1.83. The van der Waals surface area contributed by atoms with Crippen LogP contribution in [-0.2, 0) is 4.79 Å². The van der Waals surface area contributed by atoms with Crippen LogP contribution in [0, 0.1) is 11.8 Å². The number of primary amides is 1. The van der Waals surface area contributed by atoms with Crippen LogP contribution in [0.1, 0.15) is 32.1 Å². The molecule has 0 aromatic carbocycles. The number of rotatable bonds is 3. The van der Waals surface area contributed by atoms with E-state index < -0.39 is 6.03 Å². The van der Waals surface area contributed by atoms with Gasteiger partial charge < -0.3 is 21.7 Å². The van der Waals surface area contributed by atoms with Gasteiger partial charge in [0.05, 0.1) is 0 Å². The molecule has 0 aromatic heterocycles. The predicted molar refractivity (Wildman–Crippen MR) is 72.2 cm³/mol. The first-order valence-electron chi connectivity index (χ1n) is 7.14. The number of hydrogen-bond donors (Lipinski definition) is 3. The molecule has 108 valence electrons. The molecular formula is C13H24N4O2. The molecule has 0 aromatic rings. The van der Waals surface area contributed by atoms with E-state index in [4.69, 9.17) is 11.5 Å². The lowest BCUT2D eigenvalue weighted by Gasteiger charge is -2.34. The highest BCUT2D eigenvalue weighted by Gasteiger charge is 2.33. The third kappa shape index (κ3) is 3.83. The van der Waals surface area contributed by atoms with Gasteiger partial charge in [0.15, 0.2) is 0 Å². The van der Waals surface area contributed by atoms with Crippen molar-refractivity contribution in [3.05, 3.63) is 0 Å². The molecule has 1 aliphatic carbocycles. The number of carbonyl (C=O) groups is 2. The minimum absolute atomic E-state index is 0.109. The minimum Gasteiger partial charge on any atom is -0.352 e. The largest absolute Gasteiger partial charge is 0.352 e. The Hall–Kier alpha value is -1.30. The molecule has 6 nitrogen and oxygen atoms in total. The minimum atomic E-state index is -0.495. The van der Waals surface area contributed by atoms with Gasteiger partial charge in [-0.05, 0) is 38.0 Å². The summed E-state index contributed by atoms with van der Waals surface area (Å²) in [6.45, 7) is 2.12. The fourth-order valence-corrected chi connectivity index (χ4v) is 3.18. The van der Waals surface area contributed by atoms with Crippen molar-refractivity contribution in [2.24, 2.45) is 23.3 Å². The van der Waals surface area contributed by atoms with Gasteiger partial charge >= 0.3 is 6.03 Å². The summed E-state index contributed by atoms with van der Waals surface area (Å²) in [7, 11) is 0. The van der Waals surface area contributed by atoms with Crippen molar-refractivity contribution >= 4 is 11.9 Å². The molecule has 0 radical (unpaired) electrons. The van der Waals surface area contributed by atoms with Crippen LogP contribution in [0.25, 0.3) is 0 Å². The Kier molecular flexibility index (Phi) is 4.63. The predicted octanol–water partition coefficient (Wildman–Crippen LogP) is 0.0207. The highest BCUT2D eigenvalue weighted by molar-refractivity contribution is 5.79. The standard InChI is InChI=1S/C13H24N4O2/c14-11-4-3-10(6-11)12(18)17-5-1-2-9(8-17)7-16-13(15)19/h9-11H,1-8,14H2,(H3,15,16,19). The second-order valence-corrected chi connectivity index (χ2v) is 5.81. The van der Waals surface area contributed by atoms with Crippen molar-refractivity contribution in [1.82, 2.24) is 10.2 Å². The van der Waals surface area contributed by atoms with Gasteiger partial charge in [-0.15, -0.1) is 0 Å². The van der Waals surface area contributed by atoms with Crippen LogP contribution < -0.4 is 16.8 Å². The molecule has 5 N–H and O–H groups in total. The lowest BCUT2D eigenvalue weighted by molar-refractivity contribution is -0.137. The number of carbonyl (C=O) groups excluding carboxylic acids is 2. The summed E-state index contributed by atoms with van der Waals surface area (Å²) in [5.74, 6) is 0.676. The van der Waals surface area contributed by atoms with Crippen molar-refractivity contribution in [2.75, 3.05) is 19.6 Å². The molecule has 0 bridgehead atoms. The van der Waals surface area contributed by atoms with Crippen molar-refractivity contribution < 1.29 is 9.59 Å². The van der Waals surface area contributed by atoms with Gasteiger partial charge in [-0.2, -0.15) is 0 Å². The van der Waals surface area contributed by atoms with Gasteiger partial charge in [0.2, 0.25) is 5.91 Å². The van der Waals surface area contributed by atoms with E-state index >= 15 is 0 Å². The van der Waals surface area contributed by atoms with Gasteiger partial charge in [0, 0.05) is 31.6 Å². The van der Waals surface area contributed by atoms with E-state index in [0.29, 0.717) is 12.5 Å². The number of amides is 3. The number of nitrogens with two attached hydrogens (primary N) is 2. The maximum absolute atomic E-state index is 12.4. The highest BCUT2D eigenvalue weighted by atomic mass is 16.2. The lowest BCUT2D eigenvalue weighted by Crippen LogP contribution is -2.46. The van der Waals surface area contributed by atoms with Crippen molar-refractivity contribution in [3.8, 4) is 0 Å². The zero-order chi connectivity index (χ0) is 13.8. The Morgan fingerprint density at radius 2 is 2.05 bits per heavy atom. The highest BCUT2D eigenvalue weighted by Crippen LogP contribution is 2.27. The first-order valence-corrected chi connectivity index (χ1v) is 7.14. The molecule has 6 heteroatoms. The van der Waals surface area contributed by atoms with Crippen LogP contribution in [0.2, 0.25) is 0 Å². The summed E-state index contributed by atoms with van der Waals surface area (Å²) in [5.41, 5.74) is 10.9. The zero-order valence-electron chi connectivity index (χ0n) is 11.3. The van der Waals surface area contributed by atoms with Gasteiger partial charge in [-0.1, -0.05) is 0 Å². The Bertz CT molecular complexity index is 348. The summed E-state index contributed by atoms with van der Waals surface area (Å²) in [4.78, 5) is 25.1. The fraction of sp³-hybridized carbons (Fsp3) is 0.846. The zero-order valence-corrected chi connectivity index (χ0v) is 11.3. The molecule has 1 aliphatic heterocycles. The summed E-state index contributed by atoms with van der Waals surface area (Å²) in [5, 5.41) is 2.63. The van der Waals surface area contributed by atoms with E-state index in [1.165, 1.54) is 0 Å². The molecule has 3 unspecified atom stereocenters. The molecule has 2 aliphatic rings. The summed E-state index contributed by atoms with van der Waals surface area (Å²) in [6.07, 6.45) is 4.72. The first-order chi connectivity index (χ1) is 9.06. The molecule has 0 spiro atoms. The van der Waals surface area contributed by atoms with Crippen LogP contribution in [0.5, 0.6) is 0 Å². The van der Waals surface area contributed by atoms with Gasteiger partial charge in [-0.25, -0.2) is 4.79 Å². The lowest BCUT2D eigenvalue weighted by atomic mass is 9.96. The topological polar surface area (TPSA) is 101 Å². The molecule has 2 fully saturated rings. The third-order valence-corrected chi connectivity index (χ3v) is 4.22. The van der Waals surface area contributed by atoms with E-state index in [0.717, 1.165) is 45.2 Å². The molecule has 19 heavy (non-hydrogen) atoms. The molecule has 2 rings (SSSR count). The summed E-state index contributed by atoms with van der Waals surface area (Å²) >= 11 is 0. The van der Waals surface area contributed by atoms with Crippen LogP contribution in [-0.4, -0.2) is 42.5 Å². The SMILES string of the molecule is NC(=O)NCC1CCCN(C(=O)C2CCC(N)C2)C1. The van der Waals surface area contributed by atoms with Crippen molar-refractivity contribution in [1.29, 1.82) is 0 Å².